The molecule has 0 unspecified atom stereocenters. The molecule has 1 aliphatic carbocycles. The molecule has 1 N–H and O–H groups in total. The molecule has 0 spiro atoms. The number of likely N-dealkylation sites (tertiary alicyclic amines) is 1. The first kappa shape index (κ1) is 18.7. The Morgan fingerprint density at radius 2 is 1.61 bits per heavy atom. The Bertz CT molecular complexity index is 835. The maximum atomic E-state index is 13.2. The summed E-state index contributed by atoms with van der Waals surface area (Å²) in [6, 6.07) is 18.7. The fourth-order valence-electron chi connectivity index (χ4n) is 4.31. The third-order valence-corrected chi connectivity index (χ3v) is 5.93. The van der Waals surface area contributed by atoms with Crippen LogP contribution in [0.5, 0.6) is 0 Å². The average Bonchev–Trinajstić information content (AvgIpc) is 3.56. The first-order chi connectivity index (χ1) is 13.6. The van der Waals surface area contributed by atoms with Gasteiger partial charge in [-0.3, -0.25) is 9.59 Å². The minimum Gasteiger partial charge on any atom is -0.394 e. The van der Waals surface area contributed by atoms with Crippen LogP contribution in [0, 0.1) is 5.92 Å². The van der Waals surface area contributed by atoms with Crippen molar-refractivity contribution in [1.29, 1.82) is 0 Å². The molecule has 0 bridgehead atoms. The lowest BCUT2D eigenvalue weighted by atomic mass is 9.74. The smallest absolute Gasteiger partial charge is 0.254 e. The maximum Gasteiger partial charge on any atom is 0.254 e. The van der Waals surface area contributed by atoms with Crippen LogP contribution in [-0.2, 0) is 4.79 Å². The monoisotopic (exact) mass is 378 g/mol. The van der Waals surface area contributed by atoms with Crippen LogP contribution in [0.3, 0.4) is 0 Å². The molecule has 2 aromatic carbocycles. The van der Waals surface area contributed by atoms with Gasteiger partial charge in [0.05, 0.1) is 18.7 Å². The number of hydrogen-bond acceptors (Lipinski definition) is 3. The number of carbonyl (C=O) groups is 2. The number of carbonyl (C=O) groups excluding carboxylic acids is 2. The number of benzene rings is 2. The predicted octanol–water partition coefficient (Wildman–Crippen LogP) is 2.52. The summed E-state index contributed by atoms with van der Waals surface area (Å²) in [4.78, 5) is 29.2. The molecule has 146 valence electrons. The zero-order valence-corrected chi connectivity index (χ0v) is 16.1. The number of hydrogen-bond donors (Lipinski definition) is 1. The molecule has 5 heteroatoms. The lowest BCUT2D eigenvalue weighted by Crippen LogP contribution is -2.68. The minimum absolute atomic E-state index is 0.00770. The van der Waals surface area contributed by atoms with E-state index in [1.807, 2.05) is 55.6 Å². The second-order valence-corrected chi connectivity index (χ2v) is 7.83. The number of amides is 2. The van der Waals surface area contributed by atoms with E-state index in [9.17, 15) is 14.7 Å². The number of rotatable bonds is 6. The number of likely N-dealkylation sites (N-methyl/N-ethyl adjacent to an activating group) is 1. The fraction of sp³-hybridized carbons (Fsp3) is 0.391. The highest BCUT2D eigenvalue weighted by Crippen LogP contribution is 2.42. The molecular formula is C23H26N2O3. The molecule has 1 saturated heterocycles. The Labute approximate surface area is 165 Å². The van der Waals surface area contributed by atoms with Gasteiger partial charge in [0.1, 0.15) is 0 Å². The summed E-state index contributed by atoms with van der Waals surface area (Å²) in [5.41, 5.74) is 1.70. The first-order valence-corrected chi connectivity index (χ1v) is 9.90. The van der Waals surface area contributed by atoms with Gasteiger partial charge in [-0.25, -0.2) is 0 Å². The summed E-state index contributed by atoms with van der Waals surface area (Å²) in [5, 5.41) is 10.1. The first-order valence-electron chi connectivity index (χ1n) is 9.90. The molecule has 2 fully saturated rings. The zero-order valence-electron chi connectivity index (χ0n) is 16.1. The van der Waals surface area contributed by atoms with Gasteiger partial charge in [-0.05, 0) is 30.5 Å². The largest absolute Gasteiger partial charge is 0.394 e. The van der Waals surface area contributed by atoms with Gasteiger partial charge in [-0.15, -0.1) is 0 Å². The van der Waals surface area contributed by atoms with Gasteiger partial charge >= 0.3 is 0 Å². The summed E-state index contributed by atoms with van der Waals surface area (Å²) in [6.07, 6.45) is 1.92. The molecule has 2 aliphatic rings. The zero-order chi connectivity index (χ0) is 19.7. The van der Waals surface area contributed by atoms with Crippen LogP contribution in [0.4, 0.5) is 0 Å². The quantitative estimate of drug-likeness (QED) is 0.840. The van der Waals surface area contributed by atoms with Crippen molar-refractivity contribution in [3.8, 4) is 0 Å². The van der Waals surface area contributed by atoms with E-state index in [-0.39, 0.29) is 42.3 Å². The normalized spacial score (nSPS) is 23.8. The van der Waals surface area contributed by atoms with Crippen molar-refractivity contribution in [2.24, 2.45) is 5.92 Å². The molecule has 4 rings (SSSR count). The topological polar surface area (TPSA) is 60.9 Å². The van der Waals surface area contributed by atoms with Gasteiger partial charge in [0.25, 0.3) is 5.91 Å². The second-order valence-electron chi connectivity index (χ2n) is 7.83. The number of aliphatic hydroxyl groups is 1. The highest BCUT2D eigenvalue weighted by atomic mass is 16.3. The van der Waals surface area contributed by atoms with E-state index in [1.54, 1.807) is 21.9 Å². The molecule has 2 aromatic rings. The highest BCUT2D eigenvalue weighted by Gasteiger charge is 2.52. The van der Waals surface area contributed by atoms with E-state index in [0.29, 0.717) is 12.1 Å². The third-order valence-electron chi connectivity index (χ3n) is 5.93. The van der Waals surface area contributed by atoms with Crippen LogP contribution in [-0.4, -0.2) is 59.0 Å². The summed E-state index contributed by atoms with van der Waals surface area (Å²) in [7, 11) is 1.82. The van der Waals surface area contributed by atoms with Crippen LogP contribution in [0.25, 0.3) is 0 Å². The molecule has 1 heterocycles. The van der Waals surface area contributed by atoms with Gasteiger partial charge in [0.2, 0.25) is 5.91 Å². The number of nitrogens with zero attached hydrogens (tertiary/aromatic N) is 2. The van der Waals surface area contributed by atoms with Crippen molar-refractivity contribution in [1.82, 2.24) is 9.80 Å². The lowest BCUT2D eigenvalue weighted by molar-refractivity contribution is -0.133. The standard InChI is InChI=1S/C23H26N2O3/c1-24(22(27)18-12-13-18)14-19-21(16-8-4-2-5-9-16)20(15-26)25(19)23(28)17-10-6-3-7-11-17/h2-11,18-21,26H,12-15H2,1H3/t19-,20+,21-/m1/s1. The highest BCUT2D eigenvalue weighted by molar-refractivity contribution is 5.95. The van der Waals surface area contributed by atoms with E-state index >= 15 is 0 Å². The van der Waals surface area contributed by atoms with E-state index in [2.05, 4.69) is 0 Å². The van der Waals surface area contributed by atoms with E-state index in [0.717, 1.165) is 18.4 Å². The number of aliphatic hydroxyl groups excluding tert-OH is 1. The molecule has 0 aromatic heterocycles. The third kappa shape index (κ3) is 3.42. The molecule has 1 aliphatic heterocycles. The van der Waals surface area contributed by atoms with Gasteiger partial charge in [-0.1, -0.05) is 48.5 Å². The van der Waals surface area contributed by atoms with Gasteiger partial charge < -0.3 is 14.9 Å². The minimum atomic E-state index is -0.287. The van der Waals surface area contributed by atoms with E-state index in [4.69, 9.17) is 0 Å². The van der Waals surface area contributed by atoms with Crippen LogP contribution >= 0.6 is 0 Å². The summed E-state index contributed by atoms with van der Waals surface area (Å²) in [5.74, 6) is 0.218. The summed E-state index contributed by atoms with van der Waals surface area (Å²) in [6.45, 7) is 0.374. The molecule has 2 amide bonds. The Balaban J connectivity index is 1.62. The van der Waals surface area contributed by atoms with Gasteiger partial charge in [0, 0.05) is 31.0 Å². The van der Waals surface area contributed by atoms with Crippen molar-refractivity contribution in [3.63, 3.8) is 0 Å². The van der Waals surface area contributed by atoms with Crippen LogP contribution in [0.1, 0.15) is 34.7 Å². The Morgan fingerprint density at radius 1 is 1.00 bits per heavy atom. The second kappa shape index (κ2) is 7.76. The maximum absolute atomic E-state index is 13.2. The lowest BCUT2D eigenvalue weighted by Gasteiger charge is -2.55. The molecule has 3 atom stereocenters. The summed E-state index contributed by atoms with van der Waals surface area (Å²) < 4.78 is 0. The fourth-order valence-corrected chi connectivity index (χ4v) is 4.31. The van der Waals surface area contributed by atoms with Crippen molar-refractivity contribution in [2.45, 2.75) is 30.8 Å². The van der Waals surface area contributed by atoms with Crippen molar-refractivity contribution in [2.75, 3.05) is 20.2 Å². The molecule has 5 nitrogen and oxygen atoms in total. The molecule has 1 saturated carbocycles. The Hall–Kier alpha value is -2.66. The molecular weight excluding hydrogens is 352 g/mol. The van der Waals surface area contributed by atoms with Crippen molar-refractivity contribution in [3.05, 3.63) is 71.8 Å². The van der Waals surface area contributed by atoms with Gasteiger partial charge in [0.15, 0.2) is 0 Å². The SMILES string of the molecule is CN(C[C@@H]1[C@@H](c2ccccc2)[C@H](CO)N1C(=O)c1ccccc1)C(=O)C1CC1. The summed E-state index contributed by atoms with van der Waals surface area (Å²) >= 11 is 0. The van der Waals surface area contributed by atoms with Gasteiger partial charge in [-0.2, -0.15) is 0 Å². The predicted molar refractivity (Wildman–Crippen MR) is 107 cm³/mol. The molecule has 0 radical (unpaired) electrons. The Morgan fingerprint density at radius 3 is 2.18 bits per heavy atom. The van der Waals surface area contributed by atoms with Crippen LogP contribution < -0.4 is 0 Å². The van der Waals surface area contributed by atoms with Crippen LogP contribution in [0.2, 0.25) is 0 Å². The van der Waals surface area contributed by atoms with Crippen molar-refractivity contribution >= 4 is 11.8 Å². The molecule has 28 heavy (non-hydrogen) atoms. The van der Waals surface area contributed by atoms with E-state index in [1.165, 1.54) is 0 Å². The van der Waals surface area contributed by atoms with Crippen molar-refractivity contribution < 1.29 is 14.7 Å². The van der Waals surface area contributed by atoms with E-state index < -0.39 is 0 Å². The average molecular weight is 378 g/mol. The Kier molecular flexibility index (Phi) is 5.18. The van der Waals surface area contributed by atoms with Crippen LogP contribution in [0.15, 0.2) is 60.7 Å².